The van der Waals surface area contributed by atoms with Crippen LogP contribution in [-0.2, 0) is 6.54 Å². The Morgan fingerprint density at radius 2 is 2.00 bits per heavy atom. The monoisotopic (exact) mass is 324 g/mol. The van der Waals surface area contributed by atoms with Gasteiger partial charge in [0.15, 0.2) is 0 Å². The van der Waals surface area contributed by atoms with Crippen molar-refractivity contribution >= 4 is 28.2 Å². The van der Waals surface area contributed by atoms with Crippen LogP contribution in [0.4, 0.5) is 5.69 Å². The van der Waals surface area contributed by atoms with Crippen molar-refractivity contribution in [3.8, 4) is 0 Å². The first kappa shape index (κ1) is 13.4. The van der Waals surface area contributed by atoms with Crippen molar-refractivity contribution < 1.29 is 0 Å². The smallest absolute Gasteiger partial charge is 0.0668 e. The minimum absolute atomic E-state index is 0.545. The number of nitrogens with zero attached hydrogens (tertiary/aromatic N) is 1. The number of hydrogen-bond acceptors (Lipinski definition) is 3. The first-order chi connectivity index (χ1) is 11.3. The number of fused-ring (bicyclic) bond motifs is 6. The molecule has 23 heavy (non-hydrogen) atoms. The van der Waals surface area contributed by atoms with Crippen molar-refractivity contribution in [1.29, 1.82) is 0 Å². The molecule has 5 rings (SSSR count). The zero-order valence-electron chi connectivity index (χ0n) is 12.6. The molecule has 1 fully saturated rings. The molecular weight excluding hydrogens is 308 g/mol. The number of nitrogens with one attached hydrogen (secondary N) is 3. The summed E-state index contributed by atoms with van der Waals surface area (Å²) in [6.45, 7) is 0.733. The Bertz CT molecular complexity index is 901. The van der Waals surface area contributed by atoms with Crippen LogP contribution in [0.3, 0.4) is 0 Å². The van der Waals surface area contributed by atoms with Gasteiger partial charge in [-0.1, -0.05) is 17.7 Å². The second kappa shape index (κ2) is 4.98. The van der Waals surface area contributed by atoms with E-state index in [2.05, 4.69) is 39.0 Å². The molecule has 3 N–H and O–H groups in total. The maximum Gasteiger partial charge on any atom is 0.0668 e. The summed E-state index contributed by atoms with van der Waals surface area (Å²) in [5.74, 6) is 0. The Kier molecular flexibility index (Phi) is 2.90. The minimum Gasteiger partial charge on any atom is -0.381 e. The van der Waals surface area contributed by atoms with E-state index in [1.807, 2.05) is 18.3 Å². The topological polar surface area (TPSA) is 52.7 Å². The number of aromatic amines is 1. The van der Waals surface area contributed by atoms with Gasteiger partial charge in [-0.25, -0.2) is 0 Å². The Labute approximate surface area is 139 Å². The highest BCUT2D eigenvalue weighted by molar-refractivity contribution is 6.31. The Morgan fingerprint density at radius 3 is 2.91 bits per heavy atom. The van der Waals surface area contributed by atoms with Gasteiger partial charge < -0.3 is 10.6 Å². The largest absolute Gasteiger partial charge is 0.381 e. The molecule has 2 aliphatic heterocycles. The van der Waals surface area contributed by atoms with Crippen molar-refractivity contribution in [1.82, 2.24) is 15.5 Å². The maximum atomic E-state index is 6.20. The van der Waals surface area contributed by atoms with E-state index in [1.54, 1.807) is 0 Å². The maximum absolute atomic E-state index is 6.20. The van der Waals surface area contributed by atoms with E-state index in [0.29, 0.717) is 12.1 Å². The average Bonchev–Trinajstić information content (AvgIpc) is 3.27. The van der Waals surface area contributed by atoms with Crippen molar-refractivity contribution in [3.63, 3.8) is 0 Å². The normalized spacial score (nSPS) is 21.8. The van der Waals surface area contributed by atoms with Gasteiger partial charge in [-0.15, -0.1) is 0 Å². The Morgan fingerprint density at radius 1 is 1.13 bits per heavy atom. The number of H-pyrrole nitrogens is 1. The number of benzene rings is 2. The summed E-state index contributed by atoms with van der Waals surface area (Å²) in [7, 11) is 0. The summed E-state index contributed by atoms with van der Waals surface area (Å²) < 4.78 is 0. The summed E-state index contributed by atoms with van der Waals surface area (Å²) in [6, 6.07) is 11.8. The number of rotatable bonds is 3. The number of hydrogen-bond donors (Lipinski definition) is 3. The predicted octanol–water partition coefficient (Wildman–Crippen LogP) is 4.31. The fourth-order valence-electron chi connectivity index (χ4n) is 3.97. The van der Waals surface area contributed by atoms with Gasteiger partial charge in [-0.2, -0.15) is 5.10 Å². The molecule has 3 heterocycles. The highest BCUT2D eigenvalue weighted by atomic mass is 35.5. The van der Waals surface area contributed by atoms with Gasteiger partial charge in [0.1, 0.15) is 0 Å². The lowest BCUT2D eigenvalue weighted by molar-refractivity contribution is 0.639. The van der Waals surface area contributed by atoms with Crippen LogP contribution in [0.2, 0.25) is 5.02 Å². The molecular formula is C18H17ClN4. The Balaban J connectivity index is 1.42. The van der Waals surface area contributed by atoms with E-state index < -0.39 is 0 Å². The third-order valence-electron chi connectivity index (χ3n) is 5.08. The van der Waals surface area contributed by atoms with Crippen molar-refractivity contribution in [2.75, 3.05) is 5.32 Å². The van der Waals surface area contributed by atoms with Crippen LogP contribution < -0.4 is 10.6 Å². The average molecular weight is 325 g/mol. The molecule has 2 aliphatic rings. The van der Waals surface area contributed by atoms with Crippen LogP contribution >= 0.6 is 11.6 Å². The Hall–Kier alpha value is -2.04. The summed E-state index contributed by atoms with van der Waals surface area (Å²) in [5, 5.41) is 16.1. The molecule has 3 aromatic rings. The quantitative estimate of drug-likeness (QED) is 0.673. The first-order valence-corrected chi connectivity index (χ1v) is 8.41. The first-order valence-electron chi connectivity index (χ1n) is 8.03. The fourth-order valence-corrected chi connectivity index (χ4v) is 4.21. The third-order valence-corrected chi connectivity index (χ3v) is 5.29. The second-order valence-corrected chi connectivity index (χ2v) is 6.88. The molecule has 0 saturated carbocycles. The second-order valence-electron chi connectivity index (χ2n) is 6.44. The van der Waals surface area contributed by atoms with Gasteiger partial charge >= 0.3 is 0 Å². The molecule has 2 bridgehead atoms. The number of halogens is 1. The predicted molar refractivity (Wildman–Crippen MR) is 92.7 cm³/mol. The van der Waals surface area contributed by atoms with Crippen LogP contribution in [0, 0.1) is 0 Å². The molecule has 1 saturated heterocycles. The zero-order valence-corrected chi connectivity index (χ0v) is 13.3. The molecule has 116 valence electrons. The molecule has 0 amide bonds. The molecule has 2 aromatic carbocycles. The van der Waals surface area contributed by atoms with Crippen LogP contribution in [0.25, 0.3) is 10.9 Å². The third kappa shape index (κ3) is 2.13. The van der Waals surface area contributed by atoms with Crippen molar-refractivity contribution in [3.05, 3.63) is 58.2 Å². The van der Waals surface area contributed by atoms with Crippen molar-refractivity contribution in [2.24, 2.45) is 0 Å². The SMILES string of the molecule is Clc1cc(CNc2ccc3c(c2)[C@@H]2CC[C@H]3N2)c2cn[nH]c2c1. The van der Waals surface area contributed by atoms with Crippen LogP contribution in [0.1, 0.15) is 41.6 Å². The summed E-state index contributed by atoms with van der Waals surface area (Å²) >= 11 is 6.20. The molecule has 0 radical (unpaired) electrons. The lowest BCUT2D eigenvalue weighted by Gasteiger charge is -2.15. The molecule has 2 atom stereocenters. The molecule has 0 spiro atoms. The number of anilines is 1. The zero-order chi connectivity index (χ0) is 15.4. The fraction of sp³-hybridized carbons (Fsp3) is 0.278. The van der Waals surface area contributed by atoms with E-state index >= 15 is 0 Å². The highest BCUT2D eigenvalue weighted by Crippen LogP contribution is 2.45. The number of aromatic nitrogens is 2. The molecule has 0 aliphatic carbocycles. The van der Waals surface area contributed by atoms with E-state index in [-0.39, 0.29) is 0 Å². The van der Waals surface area contributed by atoms with E-state index in [4.69, 9.17) is 11.6 Å². The lowest BCUT2D eigenvalue weighted by atomic mass is 9.91. The van der Waals surface area contributed by atoms with Gasteiger partial charge in [0.25, 0.3) is 0 Å². The van der Waals surface area contributed by atoms with E-state index in [9.17, 15) is 0 Å². The molecule has 4 nitrogen and oxygen atoms in total. The standard InChI is InChI=1S/C18H17ClN4/c19-11-5-10(15-9-21-23-18(15)6-11)8-20-12-1-2-13-14(7-12)17-4-3-16(13)22-17/h1-2,5-7,9,16-17,20,22H,3-4,8H2,(H,21,23)/t16-,17+/m1/s1. The lowest BCUT2D eigenvalue weighted by Crippen LogP contribution is -2.06. The van der Waals surface area contributed by atoms with Crippen LogP contribution in [0.5, 0.6) is 0 Å². The van der Waals surface area contributed by atoms with Gasteiger partial charge in [0, 0.05) is 34.7 Å². The van der Waals surface area contributed by atoms with Gasteiger partial charge in [-0.05, 0) is 53.8 Å². The molecule has 0 unspecified atom stereocenters. The van der Waals surface area contributed by atoms with E-state index in [1.165, 1.54) is 24.0 Å². The van der Waals surface area contributed by atoms with Gasteiger partial charge in [-0.3, -0.25) is 5.10 Å². The van der Waals surface area contributed by atoms with Gasteiger partial charge in [0.2, 0.25) is 0 Å². The summed E-state index contributed by atoms with van der Waals surface area (Å²) in [5.41, 5.74) is 6.23. The summed E-state index contributed by atoms with van der Waals surface area (Å²) in [4.78, 5) is 0. The van der Waals surface area contributed by atoms with E-state index in [0.717, 1.165) is 33.7 Å². The van der Waals surface area contributed by atoms with Crippen molar-refractivity contribution in [2.45, 2.75) is 31.5 Å². The van der Waals surface area contributed by atoms with Crippen LogP contribution in [0.15, 0.2) is 36.5 Å². The minimum atomic E-state index is 0.545. The summed E-state index contributed by atoms with van der Waals surface area (Å²) in [6.07, 6.45) is 4.38. The highest BCUT2D eigenvalue weighted by Gasteiger charge is 2.35. The van der Waals surface area contributed by atoms with Crippen LogP contribution in [-0.4, -0.2) is 10.2 Å². The van der Waals surface area contributed by atoms with Gasteiger partial charge in [0.05, 0.1) is 11.7 Å². The molecule has 5 heteroatoms. The molecule has 1 aromatic heterocycles.